The Balaban J connectivity index is 2.46. The Kier molecular flexibility index (Phi) is 4.66. The number of alkyl halides is 2. The zero-order valence-electron chi connectivity index (χ0n) is 11.2. The molecular formula is C12H15F2N5S. The van der Waals surface area contributed by atoms with Crippen molar-refractivity contribution in [2.45, 2.75) is 18.5 Å². The first kappa shape index (κ1) is 14.9. The molecule has 0 unspecified atom stereocenters. The molecule has 108 valence electrons. The Labute approximate surface area is 119 Å². The predicted molar refractivity (Wildman–Crippen MR) is 73.7 cm³/mol. The van der Waals surface area contributed by atoms with Crippen LogP contribution in [0.3, 0.4) is 0 Å². The van der Waals surface area contributed by atoms with Crippen LogP contribution in [-0.2, 0) is 7.05 Å². The quantitative estimate of drug-likeness (QED) is 0.677. The highest BCUT2D eigenvalue weighted by atomic mass is 32.2. The minimum absolute atomic E-state index is 0.280. The van der Waals surface area contributed by atoms with Crippen LogP contribution in [0.25, 0.3) is 11.3 Å². The summed E-state index contributed by atoms with van der Waals surface area (Å²) in [5.74, 6) is 0.582. The number of nitrogens with zero attached hydrogens (tertiary/aromatic N) is 4. The maximum atomic E-state index is 12.9. The third kappa shape index (κ3) is 3.13. The molecule has 0 bridgehead atoms. The summed E-state index contributed by atoms with van der Waals surface area (Å²) in [4.78, 5) is 8.16. The zero-order valence-corrected chi connectivity index (χ0v) is 12.0. The molecule has 0 aliphatic carbocycles. The van der Waals surface area contributed by atoms with Gasteiger partial charge < -0.3 is 5.73 Å². The summed E-state index contributed by atoms with van der Waals surface area (Å²) >= 11 is 1.27. The largest absolute Gasteiger partial charge is 0.330 e. The van der Waals surface area contributed by atoms with Gasteiger partial charge in [0.25, 0.3) is 6.43 Å². The molecule has 2 heterocycles. The molecule has 2 aromatic heterocycles. The second-order valence-corrected chi connectivity index (χ2v) is 5.23. The molecule has 0 aromatic carbocycles. The second kappa shape index (κ2) is 6.27. The molecule has 0 aliphatic heterocycles. The number of hydrogen-bond donors (Lipinski definition) is 1. The molecule has 0 fully saturated rings. The number of thioether (sulfide) groups is 1. The number of hydrogen-bond acceptors (Lipinski definition) is 5. The van der Waals surface area contributed by atoms with E-state index in [4.69, 9.17) is 5.73 Å². The van der Waals surface area contributed by atoms with E-state index in [9.17, 15) is 8.78 Å². The van der Waals surface area contributed by atoms with E-state index in [1.165, 1.54) is 17.8 Å². The van der Waals surface area contributed by atoms with Gasteiger partial charge in [-0.1, -0.05) is 11.8 Å². The van der Waals surface area contributed by atoms with E-state index in [0.717, 1.165) is 11.3 Å². The van der Waals surface area contributed by atoms with Crippen LogP contribution in [0.15, 0.2) is 17.4 Å². The molecule has 0 atom stereocenters. The minimum atomic E-state index is -2.63. The summed E-state index contributed by atoms with van der Waals surface area (Å²) in [5, 5.41) is 4.41. The van der Waals surface area contributed by atoms with Crippen molar-refractivity contribution in [3.05, 3.63) is 23.7 Å². The first-order chi connectivity index (χ1) is 9.52. The molecule has 5 nitrogen and oxygen atoms in total. The molecule has 0 spiro atoms. The van der Waals surface area contributed by atoms with E-state index in [1.54, 1.807) is 17.9 Å². The van der Waals surface area contributed by atoms with E-state index >= 15 is 0 Å². The lowest BCUT2D eigenvalue weighted by molar-refractivity contribution is 0.145. The smallest absolute Gasteiger partial charge is 0.280 e. The summed E-state index contributed by atoms with van der Waals surface area (Å²) in [5.41, 5.74) is 7.18. The number of aryl methyl sites for hydroxylation is 1. The lowest BCUT2D eigenvalue weighted by atomic mass is 10.1. The Morgan fingerprint density at radius 1 is 1.40 bits per heavy atom. The average Bonchev–Trinajstić information content (AvgIpc) is 2.76. The minimum Gasteiger partial charge on any atom is -0.330 e. The van der Waals surface area contributed by atoms with Crippen LogP contribution in [0.1, 0.15) is 17.8 Å². The van der Waals surface area contributed by atoms with Gasteiger partial charge in [-0.15, -0.1) is 0 Å². The maximum Gasteiger partial charge on any atom is 0.280 e. The summed E-state index contributed by atoms with van der Waals surface area (Å²) in [6, 6.07) is 1.31. The normalized spacial score (nSPS) is 11.3. The first-order valence-electron chi connectivity index (χ1n) is 6.02. The molecule has 0 saturated carbocycles. The van der Waals surface area contributed by atoms with Gasteiger partial charge in [-0.3, -0.25) is 4.68 Å². The van der Waals surface area contributed by atoms with Crippen LogP contribution >= 0.6 is 11.8 Å². The van der Waals surface area contributed by atoms with E-state index < -0.39 is 6.43 Å². The molecule has 8 heteroatoms. The van der Waals surface area contributed by atoms with Crippen molar-refractivity contribution in [2.75, 3.05) is 12.3 Å². The van der Waals surface area contributed by atoms with Crippen molar-refractivity contribution in [1.29, 1.82) is 0 Å². The fourth-order valence-electron chi connectivity index (χ4n) is 1.66. The highest BCUT2D eigenvalue weighted by molar-refractivity contribution is 7.99. The van der Waals surface area contributed by atoms with E-state index in [-0.39, 0.29) is 5.69 Å². The van der Waals surface area contributed by atoms with Gasteiger partial charge in [0.15, 0.2) is 5.16 Å². The predicted octanol–water partition coefficient (Wildman–Crippen LogP) is 2.17. The molecule has 0 aliphatic rings. The van der Waals surface area contributed by atoms with Gasteiger partial charge in [-0.05, 0) is 13.0 Å². The monoisotopic (exact) mass is 299 g/mol. The van der Waals surface area contributed by atoms with Crippen molar-refractivity contribution in [3.63, 3.8) is 0 Å². The van der Waals surface area contributed by atoms with Gasteiger partial charge >= 0.3 is 0 Å². The maximum absolute atomic E-state index is 12.9. The van der Waals surface area contributed by atoms with Gasteiger partial charge in [-0.25, -0.2) is 18.7 Å². The standard InChI is InChI=1S/C12H15F2N5S/c1-7-8(6-16-19(7)2)9-5-10(11(13)14)18-12(17-9)20-4-3-15/h5-6,11H,3-4,15H2,1-2H3. The molecule has 0 radical (unpaired) electrons. The molecule has 20 heavy (non-hydrogen) atoms. The van der Waals surface area contributed by atoms with Crippen LogP contribution in [0.2, 0.25) is 0 Å². The number of aromatic nitrogens is 4. The summed E-state index contributed by atoms with van der Waals surface area (Å²) in [6.07, 6.45) is -1.02. The molecular weight excluding hydrogens is 284 g/mol. The van der Waals surface area contributed by atoms with Crippen molar-refractivity contribution in [3.8, 4) is 11.3 Å². The van der Waals surface area contributed by atoms with E-state index in [2.05, 4.69) is 15.1 Å². The average molecular weight is 299 g/mol. The zero-order chi connectivity index (χ0) is 14.7. The molecule has 2 N–H and O–H groups in total. The first-order valence-corrected chi connectivity index (χ1v) is 7.00. The van der Waals surface area contributed by atoms with Crippen molar-refractivity contribution >= 4 is 11.8 Å². The third-order valence-corrected chi connectivity index (χ3v) is 3.69. The Hall–Kier alpha value is -1.54. The van der Waals surface area contributed by atoms with Crippen LogP contribution in [-0.4, -0.2) is 32.0 Å². The van der Waals surface area contributed by atoms with Crippen molar-refractivity contribution in [2.24, 2.45) is 12.8 Å². The fourth-order valence-corrected chi connectivity index (χ4v) is 2.29. The molecule has 0 amide bonds. The Morgan fingerprint density at radius 2 is 2.15 bits per heavy atom. The third-order valence-electron chi connectivity index (χ3n) is 2.81. The van der Waals surface area contributed by atoms with E-state index in [0.29, 0.717) is 23.1 Å². The van der Waals surface area contributed by atoms with Gasteiger partial charge in [-0.2, -0.15) is 5.10 Å². The lowest BCUT2D eigenvalue weighted by Crippen LogP contribution is -2.04. The summed E-state index contributed by atoms with van der Waals surface area (Å²) < 4.78 is 27.5. The Bertz CT molecular complexity index is 600. The van der Waals surface area contributed by atoms with Crippen LogP contribution in [0, 0.1) is 6.92 Å². The van der Waals surface area contributed by atoms with Crippen LogP contribution in [0.5, 0.6) is 0 Å². The highest BCUT2D eigenvalue weighted by Crippen LogP contribution is 2.27. The molecule has 0 saturated heterocycles. The lowest BCUT2D eigenvalue weighted by Gasteiger charge is -2.07. The number of nitrogens with two attached hydrogens (primary N) is 1. The Morgan fingerprint density at radius 3 is 2.70 bits per heavy atom. The van der Waals surface area contributed by atoms with Gasteiger partial charge in [0.2, 0.25) is 0 Å². The van der Waals surface area contributed by atoms with E-state index in [1.807, 2.05) is 6.92 Å². The van der Waals surface area contributed by atoms with Gasteiger partial charge in [0, 0.05) is 30.6 Å². The summed E-state index contributed by atoms with van der Waals surface area (Å²) in [7, 11) is 1.79. The molecule has 2 rings (SSSR count). The van der Waals surface area contributed by atoms with Gasteiger partial charge in [0.1, 0.15) is 5.69 Å². The topological polar surface area (TPSA) is 69.6 Å². The number of rotatable bonds is 5. The SMILES string of the molecule is Cc1c(-c2cc(C(F)F)nc(SCCN)n2)cnn1C. The van der Waals surface area contributed by atoms with Crippen LogP contribution in [0.4, 0.5) is 8.78 Å². The second-order valence-electron chi connectivity index (χ2n) is 4.17. The van der Waals surface area contributed by atoms with Gasteiger partial charge in [0.05, 0.1) is 11.9 Å². The molecule has 2 aromatic rings. The van der Waals surface area contributed by atoms with Crippen molar-refractivity contribution < 1.29 is 8.78 Å². The van der Waals surface area contributed by atoms with Crippen molar-refractivity contribution in [1.82, 2.24) is 19.7 Å². The number of halogens is 2. The summed E-state index contributed by atoms with van der Waals surface area (Å²) in [6.45, 7) is 2.30. The fraction of sp³-hybridized carbons (Fsp3) is 0.417. The van der Waals surface area contributed by atoms with Crippen LogP contribution < -0.4 is 5.73 Å². The highest BCUT2D eigenvalue weighted by Gasteiger charge is 2.16.